The number of aromatic nitrogens is 1. The highest BCUT2D eigenvalue weighted by atomic mass is 19.4. The van der Waals surface area contributed by atoms with Gasteiger partial charge in [0.2, 0.25) is 5.88 Å². The van der Waals surface area contributed by atoms with Crippen LogP contribution < -0.4 is 4.74 Å². The molecule has 5 nitrogen and oxygen atoms in total. The number of carbonyl (C=O) groups is 1. The van der Waals surface area contributed by atoms with Crippen molar-refractivity contribution < 1.29 is 36.2 Å². The number of rotatable bonds is 6. The Kier molecular flexibility index (Phi) is 6.10. The monoisotopic (exact) mass is 514 g/mol. The summed E-state index contributed by atoms with van der Waals surface area (Å²) in [5.74, 6) is -2.26. The average molecular weight is 514 g/mol. The van der Waals surface area contributed by atoms with E-state index >= 15 is 0 Å². The summed E-state index contributed by atoms with van der Waals surface area (Å²) in [5, 5.41) is 8.91. The molecule has 0 amide bonds. The number of ether oxygens (including phenoxy) is 2. The van der Waals surface area contributed by atoms with Gasteiger partial charge >= 0.3 is 12.1 Å². The number of hydrogen-bond donors (Lipinski definition) is 0. The summed E-state index contributed by atoms with van der Waals surface area (Å²) in [6.07, 6.45) is -2.71. The van der Waals surface area contributed by atoms with Gasteiger partial charge in [-0.25, -0.2) is 13.8 Å². The molecule has 3 aromatic rings. The third-order valence-corrected chi connectivity index (χ3v) is 6.80. The van der Waals surface area contributed by atoms with E-state index in [1.54, 1.807) is 25.3 Å². The van der Waals surface area contributed by atoms with Crippen LogP contribution in [-0.2, 0) is 28.7 Å². The summed E-state index contributed by atoms with van der Waals surface area (Å²) in [6.45, 7) is 1.62. The molecule has 5 rings (SSSR count). The number of halogens is 5. The Morgan fingerprint density at radius 2 is 1.92 bits per heavy atom. The van der Waals surface area contributed by atoms with Crippen molar-refractivity contribution in [3.8, 4) is 23.1 Å². The largest absolute Gasteiger partial charge is 0.473 e. The van der Waals surface area contributed by atoms with Crippen molar-refractivity contribution in [2.24, 2.45) is 11.8 Å². The van der Waals surface area contributed by atoms with Gasteiger partial charge in [0.25, 0.3) is 0 Å². The van der Waals surface area contributed by atoms with Crippen molar-refractivity contribution in [1.82, 2.24) is 4.98 Å². The lowest BCUT2D eigenvalue weighted by Crippen LogP contribution is -2.11. The van der Waals surface area contributed by atoms with Crippen LogP contribution in [0.3, 0.4) is 0 Å². The molecule has 190 valence electrons. The van der Waals surface area contributed by atoms with Gasteiger partial charge in [-0.1, -0.05) is 6.07 Å². The average Bonchev–Trinajstić information content (AvgIpc) is 3.44. The Labute approximate surface area is 208 Å². The number of nitriles is 1. The molecule has 3 atom stereocenters. The van der Waals surface area contributed by atoms with Gasteiger partial charge in [-0.2, -0.15) is 18.4 Å². The molecule has 1 fully saturated rings. The number of hydrogen-bond acceptors (Lipinski definition) is 5. The molecule has 1 aromatic heterocycles. The van der Waals surface area contributed by atoms with E-state index in [4.69, 9.17) is 14.7 Å². The minimum atomic E-state index is -4.94. The van der Waals surface area contributed by atoms with Crippen LogP contribution in [0.5, 0.6) is 5.88 Å². The van der Waals surface area contributed by atoms with E-state index in [9.17, 15) is 26.7 Å². The zero-order valence-electron chi connectivity index (χ0n) is 19.4. The number of alkyl halides is 3. The molecular weight excluding hydrogens is 495 g/mol. The highest BCUT2D eigenvalue weighted by molar-refractivity contribution is 5.79. The Balaban J connectivity index is 1.39. The van der Waals surface area contributed by atoms with Crippen LogP contribution in [0.4, 0.5) is 22.0 Å². The van der Waals surface area contributed by atoms with Gasteiger partial charge in [0.15, 0.2) is 0 Å². The molecule has 0 bridgehead atoms. The van der Waals surface area contributed by atoms with Gasteiger partial charge in [-0.05, 0) is 60.2 Å². The van der Waals surface area contributed by atoms with E-state index in [1.165, 1.54) is 6.07 Å². The Hall–Kier alpha value is -4.00. The van der Waals surface area contributed by atoms with Crippen molar-refractivity contribution in [1.29, 1.82) is 5.26 Å². The Morgan fingerprint density at radius 1 is 1.14 bits per heavy atom. The number of fused-ring (bicyclic) bond motifs is 3. The molecule has 0 spiro atoms. The SMILES string of the molecule is CCOC(=O)[C@H]1[C@@H]2Cc3cc(OCc4cc(-c5ccc(C#N)cc5F)c(C(F)(F)F)cc4F)ncc3[C@@H]21. The van der Waals surface area contributed by atoms with Gasteiger partial charge in [0.1, 0.15) is 18.2 Å². The number of carbonyl (C=O) groups excluding carboxylic acids is 1. The van der Waals surface area contributed by atoms with Gasteiger partial charge < -0.3 is 9.47 Å². The van der Waals surface area contributed by atoms with Crippen molar-refractivity contribution in [2.75, 3.05) is 6.61 Å². The predicted molar refractivity (Wildman–Crippen MR) is 120 cm³/mol. The van der Waals surface area contributed by atoms with Gasteiger partial charge in [-0.3, -0.25) is 4.79 Å². The molecule has 0 N–H and O–H groups in total. The molecule has 37 heavy (non-hydrogen) atoms. The highest BCUT2D eigenvalue weighted by Crippen LogP contribution is 2.61. The first-order valence-electron chi connectivity index (χ1n) is 11.5. The molecule has 0 radical (unpaired) electrons. The van der Waals surface area contributed by atoms with Crippen LogP contribution >= 0.6 is 0 Å². The van der Waals surface area contributed by atoms with Gasteiger partial charge in [0, 0.05) is 29.3 Å². The number of esters is 1. The molecule has 2 aliphatic rings. The minimum absolute atomic E-state index is 0.0489. The fourth-order valence-electron chi connectivity index (χ4n) is 5.05. The van der Waals surface area contributed by atoms with Crippen LogP contribution in [-0.4, -0.2) is 17.6 Å². The summed E-state index contributed by atoms with van der Waals surface area (Å²) < 4.78 is 80.9. The molecule has 0 saturated heterocycles. The zero-order chi connectivity index (χ0) is 26.5. The van der Waals surface area contributed by atoms with Crippen LogP contribution in [0.25, 0.3) is 11.1 Å². The maximum Gasteiger partial charge on any atom is 0.417 e. The summed E-state index contributed by atoms with van der Waals surface area (Å²) >= 11 is 0. The third-order valence-electron chi connectivity index (χ3n) is 6.80. The number of nitrogens with zero attached hydrogens (tertiary/aromatic N) is 2. The van der Waals surface area contributed by atoms with E-state index in [0.717, 1.165) is 29.3 Å². The second-order valence-corrected chi connectivity index (χ2v) is 8.98. The smallest absolute Gasteiger partial charge is 0.417 e. The summed E-state index contributed by atoms with van der Waals surface area (Å²) in [7, 11) is 0. The summed E-state index contributed by atoms with van der Waals surface area (Å²) in [6, 6.07) is 7.65. The molecule has 0 aliphatic heterocycles. The third kappa shape index (κ3) is 4.50. The lowest BCUT2D eigenvalue weighted by atomic mass is 9.95. The van der Waals surface area contributed by atoms with Gasteiger partial charge in [-0.15, -0.1) is 0 Å². The Morgan fingerprint density at radius 3 is 2.59 bits per heavy atom. The van der Waals surface area contributed by atoms with E-state index in [0.29, 0.717) is 19.1 Å². The number of pyridine rings is 1. The van der Waals surface area contributed by atoms with E-state index in [1.807, 2.05) is 0 Å². The molecule has 1 heterocycles. The standard InChI is InChI=1S/C27H19F5N2O3/c1-2-36-26(35)25-18-6-14-8-23(34-11-19(14)24(18)25)37-12-15-7-17(20(9-21(15)28)27(30,31)32)16-4-3-13(10-33)5-22(16)29/h3-5,7-9,11,18,24-25H,2,6,12H2,1H3/t18-,24-,25+/m1/s1. The maximum absolute atomic E-state index is 14.7. The molecular formula is C27H19F5N2O3. The second-order valence-electron chi connectivity index (χ2n) is 8.98. The predicted octanol–water partition coefficient (Wildman–Crippen LogP) is 5.95. The van der Waals surface area contributed by atoms with Crippen molar-refractivity contribution in [3.05, 3.63) is 82.0 Å². The molecule has 0 unspecified atom stereocenters. The van der Waals surface area contributed by atoms with Gasteiger partial charge in [0.05, 0.1) is 29.7 Å². The fraction of sp³-hybridized carbons (Fsp3) is 0.296. The topological polar surface area (TPSA) is 72.2 Å². The normalized spacial score (nSPS) is 19.5. The van der Waals surface area contributed by atoms with E-state index in [-0.39, 0.29) is 40.7 Å². The first kappa shape index (κ1) is 24.7. The first-order valence-corrected chi connectivity index (χ1v) is 11.5. The van der Waals surface area contributed by atoms with Crippen LogP contribution in [0.2, 0.25) is 0 Å². The highest BCUT2D eigenvalue weighted by Gasteiger charge is 2.60. The second kappa shape index (κ2) is 9.14. The van der Waals surface area contributed by atoms with E-state index < -0.39 is 41.1 Å². The van der Waals surface area contributed by atoms with E-state index in [2.05, 4.69) is 4.98 Å². The molecule has 2 aromatic carbocycles. The van der Waals surface area contributed by atoms with Crippen molar-refractivity contribution >= 4 is 5.97 Å². The van der Waals surface area contributed by atoms with Crippen molar-refractivity contribution in [3.63, 3.8) is 0 Å². The zero-order valence-corrected chi connectivity index (χ0v) is 19.4. The molecule has 2 aliphatic carbocycles. The number of benzene rings is 2. The lowest BCUT2D eigenvalue weighted by Gasteiger charge is -2.17. The Bertz CT molecular complexity index is 1450. The lowest BCUT2D eigenvalue weighted by molar-refractivity contribution is -0.145. The van der Waals surface area contributed by atoms with Crippen molar-refractivity contribution in [2.45, 2.75) is 32.0 Å². The molecule has 1 saturated carbocycles. The quantitative estimate of drug-likeness (QED) is 0.301. The van der Waals surface area contributed by atoms with Crippen LogP contribution in [0, 0.1) is 34.8 Å². The summed E-state index contributed by atoms with van der Waals surface area (Å²) in [5.41, 5.74) is -0.749. The molecule has 10 heteroatoms. The minimum Gasteiger partial charge on any atom is -0.473 e. The van der Waals surface area contributed by atoms with Crippen LogP contribution in [0.1, 0.15) is 40.7 Å². The maximum atomic E-state index is 14.7. The first-order chi connectivity index (χ1) is 17.6. The fourth-order valence-corrected chi connectivity index (χ4v) is 5.05. The van der Waals surface area contributed by atoms with Crippen LogP contribution in [0.15, 0.2) is 42.6 Å². The summed E-state index contributed by atoms with van der Waals surface area (Å²) in [4.78, 5) is 16.3.